The lowest BCUT2D eigenvalue weighted by molar-refractivity contribution is 0.268. The average molecular weight is 397 g/mol. The summed E-state index contributed by atoms with van der Waals surface area (Å²) in [6.07, 6.45) is 20.8. The Morgan fingerprint density at radius 1 is 1.00 bits per heavy atom. The molecule has 0 spiro atoms. The molecular formula is C27H37Cl. The first-order chi connectivity index (χ1) is 13.6. The highest BCUT2D eigenvalue weighted by atomic mass is 35.5. The highest BCUT2D eigenvalue weighted by Gasteiger charge is 2.25. The van der Waals surface area contributed by atoms with Crippen LogP contribution in [0.25, 0.3) is 0 Å². The van der Waals surface area contributed by atoms with E-state index in [-0.39, 0.29) is 0 Å². The van der Waals surface area contributed by atoms with E-state index in [9.17, 15) is 0 Å². The molecule has 0 saturated heterocycles. The van der Waals surface area contributed by atoms with E-state index in [1.54, 1.807) is 0 Å². The van der Waals surface area contributed by atoms with Crippen LogP contribution in [0.4, 0.5) is 0 Å². The minimum atomic E-state index is 0.710. The van der Waals surface area contributed by atoms with Gasteiger partial charge in [0.05, 0.1) is 0 Å². The third kappa shape index (κ3) is 5.12. The van der Waals surface area contributed by atoms with Crippen LogP contribution in [-0.4, -0.2) is 0 Å². The lowest BCUT2D eigenvalue weighted by Crippen LogP contribution is -2.18. The van der Waals surface area contributed by atoms with Crippen LogP contribution in [-0.2, 0) is 6.42 Å². The topological polar surface area (TPSA) is 0 Å². The first kappa shape index (κ1) is 20.3. The molecule has 0 amide bonds. The average Bonchev–Trinajstić information content (AvgIpc) is 3.17. The predicted molar refractivity (Wildman–Crippen MR) is 122 cm³/mol. The van der Waals surface area contributed by atoms with E-state index in [0.29, 0.717) is 5.92 Å². The SMILES string of the molecule is CC1CC(C)CC(c2ccc(Cl)c(CC3=CCC(CC4CCCC4)C=C3)c2)C1. The molecule has 1 aromatic carbocycles. The zero-order valence-corrected chi connectivity index (χ0v) is 18.6. The van der Waals surface area contributed by atoms with Crippen LogP contribution in [0.2, 0.25) is 5.02 Å². The van der Waals surface area contributed by atoms with Crippen molar-refractivity contribution < 1.29 is 0 Å². The van der Waals surface area contributed by atoms with Crippen molar-refractivity contribution in [3.63, 3.8) is 0 Å². The zero-order valence-electron chi connectivity index (χ0n) is 17.8. The molecule has 1 aromatic rings. The second-order valence-electron chi connectivity index (χ2n) is 10.2. The molecule has 152 valence electrons. The monoisotopic (exact) mass is 396 g/mol. The normalized spacial score (nSPS) is 31.2. The summed E-state index contributed by atoms with van der Waals surface area (Å²) in [5.74, 6) is 4.14. The smallest absolute Gasteiger partial charge is 0.0441 e. The Morgan fingerprint density at radius 3 is 2.43 bits per heavy atom. The van der Waals surface area contributed by atoms with E-state index in [0.717, 1.165) is 35.1 Å². The van der Waals surface area contributed by atoms with Crippen LogP contribution >= 0.6 is 11.6 Å². The Bertz CT molecular complexity index is 712. The lowest BCUT2D eigenvalue weighted by atomic mass is 9.74. The molecule has 4 rings (SSSR count). The van der Waals surface area contributed by atoms with Gasteiger partial charge in [-0.05, 0) is 90.9 Å². The van der Waals surface area contributed by atoms with Crippen LogP contribution < -0.4 is 0 Å². The Hall–Kier alpha value is -1.01. The molecule has 0 heterocycles. The van der Waals surface area contributed by atoms with Crippen molar-refractivity contribution in [3.05, 3.63) is 58.1 Å². The van der Waals surface area contributed by atoms with Crippen molar-refractivity contribution in [1.29, 1.82) is 0 Å². The molecular weight excluding hydrogens is 360 g/mol. The molecule has 2 saturated carbocycles. The van der Waals surface area contributed by atoms with E-state index < -0.39 is 0 Å². The van der Waals surface area contributed by atoms with E-state index in [4.69, 9.17) is 11.6 Å². The maximum absolute atomic E-state index is 6.60. The Morgan fingerprint density at radius 2 is 1.75 bits per heavy atom. The quantitative estimate of drug-likeness (QED) is 0.467. The van der Waals surface area contributed by atoms with Crippen molar-refractivity contribution in [1.82, 2.24) is 0 Å². The predicted octanol–water partition coefficient (Wildman–Crippen LogP) is 8.51. The van der Waals surface area contributed by atoms with Crippen molar-refractivity contribution in [3.8, 4) is 0 Å². The fourth-order valence-electron chi connectivity index (χ4n) is 6.11. The summed E-state index contributed by atoms with van der Waals surface area (Å²) in [6.45, 7) is 4.83. The first-order valence-electron chi connectivity index (χ1n) is 11.7. The third-order valence-electron chi connectivity index (χ3n) is 7.49. The molecule has 28 heavy (non-hydrogen) atoms. The number of rotatable bonds is 5. The summed E-state index contributed by atoms with van der Waals surface area (Å²) in [4.78, 5) is 0. The third-order valence-corrected chi connectivity index (χ3v) is 7.86. The molecule has 1 heteroatoms. The van der Waals surface area contributed by atoms with Gasteiger partial charge in [-0.25, -0.2) is 0 Å². The molecule has 0 bridgehead atoms. The molecule has 3 unspecified atom stereocenters. The minimum Gasteiger partial charge on any atom is -0.0840 e. The Labute approximate surface area is 177 Å². The van der Waals surface area contributed by atoms with Gasteiger partial charge in [0, 0.05) is 5.02 Å². The second kappa shape index (κ2) is 9.21. The molecule has 3 aliphatic carbocycles. The molecule has 3 aliphatic rings. The van der Waals surface area contributed by atoms with Gasteiger partial charge in [-0.2, -0.15) is 0 Å². The number of hydrogen-bond donors (Lipinski definition) is 0. The van der Waals surface area contributed by atoms with Gasteiger partial charge in [-0.15, -0.1) is 0 Å². The van der Waals surface area contributed by atoms with Crippen molar-refractivity contribution in [2.75, 3.05) is 0 Å². The summed E-state index contributed by atoms with van der Waals surface area (Å²) < 4.78 is 0. The van der Waals surface area contributed by atoms with Gasteiger partial charge in [-0.3, -0.25) is 0 Å². The molecule has 0 aromatic heterocycles. The maximum Gasteiger partial charge on any atom is 0.0441 e. The van der Waals surface area contributed by atoms with E-state index in [1.165, 1.54) is 74.5 Å². The largest absolute Gasteiger partial charge is 0.0840 e. The minimum absolute atomic E-state index is 0.710. The van der Waals surface area contributed by atoms with Gasteiger partial charge in [0.1, 0.15) is 0 Å². The van der Waals surface area contributed by atoms with E-state index >= 15 is 0 Å². The van der Waals surface area contributed by atoms with E-state index in [2.05, 4.69) is 50.3 Å². The van der Waals surface area contributed by atoms with Crippen molar-refractivity contribution >= 4 is 11.6 Å². The fraction of sp³-hybridized carbons (Fsp3) is 0.630. The van der Waals surface area contributed by atoms with Crippen molar-refractivity contribution in [2.45, 2.75) is 84.0 Å². The molecule has 0 aliphatic heterocycles. The molecule has 3 atom stereocenters. The summed E-state index contributed by atoms with van der Waals surface area (Å²) >= 11 is 6.60. The second-order valence-corrected chi connectivity index (χ2v) is 10.6. The van der Waals surface area contributed by atoms with Gasteiger partial charge in [0.2, 0.25) is 0 Å². The van der Waals surface area contributed by atoms with Gasteiger partial charge >= 0.3 is 0 Å². The molecule has 0 N–H and O–H groups in total. The highest BCUT2D eigenvalue weighted by Crippen LogP contribution is 2.40. The number of halogens is 1. The van der Waals surface area contributed by atoms with E-state index in [1.807, 2.05) is 0 Å². The molecule has 0 nitrogen and oxygen atoms in total. The fourth-order valence-corrected chi connectivity index (χ4v) is 6.30. The summed E-state index contributed by atoms with van der Waals surface area (Å²) in [5, 5.41) is 0.933. The van der Waals surface area contributed by atoms with Crippen LogP contribution in [0.5, 0.6) is 0 Å². The maximum atomic E-state index is 6.60. The Kier molecular flexibility index (Phi) is 6.66. The first-order valence-corrected chi connectivity index (χ1v) is 12.1. The summed E-state index contributed by atoms with van der Waals surface area (Å²) in [7, 11) is 0. The summed E-state index contributed by atoms with van der Waals surface area (Å²) in [5.41, 5.74) is 4.28. The molecule has 2 fully saturated rings. The molecule has 0 radical (unpaired) electrons. The van der Waals surface area contributed by atoms with Gasteiger partial charge in [-0.1, -0.05) is 81.5 Å². The van der Waals surface area contributed by atoms with Crippen LogP contribution in [0.3, 0.4) is 0 Å². The number of allylic oxidation sites excluding steroid dienone is 4. The standard InChI is InChI=1S/C27H37Cl/c1-19-13-20(2)15-25(14-19)24-11-12-27(28)26(18-24)17-23-9-7-22(8-10-23)16-21-5-3-4-6-21/h7,9-12,18-22,25H,3-6,8,13-17H2,1-2H3. The van der Waals surface area contributed by atoms with Crippen LogP contribution in [0.1, 0.15) is 88.7 Å². The van der Waals surface area contributed by atoms with Gasteiger partial charge in [0.25, 0.3) is 0 Å². The van der Waals surface area contributed by atoms with Crippen LogP contribution in [0.15, 0.2) is 42.0 Å². The lowest BCUT2D eigenvalue weighted by Gasteiger charge is -2.32. The highest BCUT2D eigenvalue weighted by molar-refractivity contribution is 6.31. The summed E-state index contributed by atoms with van der Waals surface area (Å²) in [6, 6.07) is 6.84. The number of hydrogen-bond acceptors (Lipinski definition) is 0. The van der Waals surface area contributed by atoms with Crippen LogP contribution in [0, 0.1) is 23.7 Å². The van der Waals surface area contributed by atoms with Gasteiger partial charge < -0.3 is 0 Å². The van der Waals surface area contributed by atoms with Gasteiger partial charge in [0.15, 0.2) is 0 Å². The Balaban J connectivity index is 1.39. The number of benzene rings is 1. The zero-order chi connectivity index (χ0) is 19.5. The van der Waals surface area contributed by atoms with Crippen molar-refractivity contribution in [2.24, 2.45) is 23.7 Å².